The lowest BCUT2D eigenvalue weighted by Crippen LogP contribution is -2.20. The van der Waals surface area contributed by atoms with E-state index in [9.17, 15) is 4.79 Å². The number of fused-ring (bicyclic) bond motifs is 1. The number of hydrogen-bond acceptors (Lipinski definition) is 4. The lowest BCUT2D eigenvalue weighted by atomic mass is 10.1. The zero-order valence-electron chi connectivity index (χ0n) is 15.4. The summed E-state index contributed by atoms with van der Waals surface area (Å²) in [4.78, 5) is 16.8. The predicted molar refractivity (Wildman–Crippen MR) is 103 cm³/mol. The van der Waals surface area contributed by atoms with Gasteiger partial charge in [-0.05, 0) is 56.2 Å². The van der Waals surface area contributed by atoms with E-state index in [0.29, 0.717) is 5.75 Å². The van der Waals surface area contributed by atoms with Gasteiger partial charge in [-0.3, -0.25) is 9.78 Å². The van der Waals surface area contributed by atoms with Crippen LogP contribution in [0.4, 0.5) is 5.69 Å². The molecule has 0 unspecified atom stereocenters. The Morgan fingerprint density at radius 1 is 1.04 bits per heavy atom. The number of carbonyl (C=O) groups excluding carboxylic acids is 1. The molecule has 0 fully saturated rings. The SMILES string of the molecule is COc1ccc2c(OCC(=O)Nc3cc(C)cc(C)c3)cc(C)nc2c1. The van der Waals surface area contributed by atoms with E-state index in [0.717, 1.165) is 39.2 Å². The van der Waals surface area contributed by atoms with Crippen molar-refractivity contribution in [3.05, 3.63) is 59.3 Å². The maximum atomic E-state index is 12.3. The van der Waals surface area contributed by atoms with Gasteiger partial charge in [0.2, 0.25) is 0 Å². The van der Waals surface area contributed by atoms with E-state index in [-0.39, 0.29) is 12.5 Å². The molecule has 0 radical (unpaired) electrons. The van der Waals surface area contributed by atoms with Crippen LogP contribution < -0.4 is 14.8 Å². The number of hydrogen-bond donors (Lipinski definition) is 1. The van der Waals surface area contributed by atoms with Gasteiger partial charge in [-0.1, -0.05) is 6.07 Å². The highest BCUT2D eigenvalue weighted by atomic mass is 16.5. The van der Waals surface area contributed by atoms with Gasteiger partial charge in [-0.2, -0.15) is 0 Å². The summed E-state index contributed by atoms with van der Waals surface area (Å²) < 4.78 is 11.0. The maximum absolute atomic E-state index is 12.3. The molecule has 26 heavy (non-hydrogen) atoms. The normalized spacial score (nSPS) is 10.6. The summed E-state index contributed by atoms with van der Waals surface area (Å²) in [5.74, 6) is 1.16. The lowest BCUT2D eigenvalue weighted by Gasteiger charge is -2.12. The molecule has 0 aliphatic heterocycles. The second kappa shape index (κ2) is 7.44. The van der Waals surface area contributed by atoms with Crippen molar-refractivity contribution in [2.75, 3.05) is 19.0 Å². The maximum Gasteiger partial charge on any atom is 0.262 e. The number of aryl methyl sites for hydroxylation is 3. The zero-order valence-corrected chi connectivity index (χ0v) is 15.4. The van der Waals surface area contributed by atoms with Crippen molar-refractivity contribution in [3.63, 3.8) is 0 Å². The van der Waals surface area contributed by atoms with Crippen LogP contribution in [0, 0.1) is 20.8 Å². The number of aromatic nitrogens is 1. The van der Waals surface area contributed by atoms with Crippen LogP contribution in [0.3, 0.4) is 0 Å². The van der Waals surface area contributed by atoms with Crippen molar-refractivity contribution in [3.8, 4) is 11.5 Å². The molecule has 3 aromatic rings. The minimum absolute atomic E-state index is 0.0719. The Bertz CT molecular complexity index is 947. The summed E-state index contributed by atoms with van der Waals surface area (Å²) in [6, 6.07) is 13.3. The summed E-state index contributed by atoms with van der Waals surface area (Å²) in [7, 11) is 1.62. The average Bonchev–Trinajstić information content (AvgIpc) is 2.58. The highest BCUT2D eigenvalue weighted by molar-refractivity contribution is 5.93. The first-order chi connectivity index (χ1) is 12.4. The standard InChI is InChI=1S/C21H22N2O3/c1-13-7-14(2)9-16(8-13)23-21(24)12-26-20-10-15(3)22-19-11-17(25-4)5-6-18(19)20/h5-11H,12H2,1-4H3,(H,23,24). The summed E-state index contributed by atoms with van der Waals surface area (Å²) in [6.45, 7) is 5.82. The molecule has 0 saturated carbocycles. The van der Waals surface area contributed by atoms with Crippen LogP contribution in [-0.4, -0.2) is 24.6 Å². The molecule has 5 nitrogen and oxygen atoms in total. The molecule has 5 heteroatoms. The molecule has 2 aromatic carbocycles. The van der Waals surface area contributed by atoms with Crippen molar-refractivity contribution < 1.29 is 14.3 Å². The fourth-order valence-corrected chi connectivity index (χ4v) is 2.94. The molecule has 1 amide bonds. The Kier molecular flexibility index (Phi) is 5.07. The van der Waals surface area contributed by atoms with Crippen molar-refractivity contribution in [2.45, 2.75) is 20.8 Å². The average molecular weight is 350 g/mol. The topological polar surface area (TPSA) is 60.5 Å². The van der Waals surface area contributed by atoms with E-state index >= 15 is 0 Å². The lowest BCUT2D eigenvalue weighted by molar-refractivity contribution is -0.118. The van der Waals surface area contributed by atoms with Crippen LogP contribution in [0.25, 0.3) is 10.9 Å². The Morgan fingerprint density at radius 3 is 2.46 bits per heavy atom. The molecule has 0 spiro atoms. The number of anilines is 1. The summed E-state index contributed by atoms with van der Waals surface area (Å²) >= 11 is 0. The molecule has 1 N–H and O–H groups in total. The first-order valence-corrected chi connectivity index (χ1v) is 8.41. The largest absolute Gasteiger partial charge is 0.497 e. The van der Waals surface area contributed by atoms with Crippen LogP contribution >= 0.6 is 0 Å². The number of methoxy groups -OCH3 is 1. The van der Waals surface area contributed by atoms with Crippen molar-refractivity contribution in [2.24, 2.45) is 0 Å². The molecule has 0 saturated heterocycles. The van der Waals surface area contributed by atoms with Crippen LogP contribution in [0.2, 0.25) is 0 Å². The van der Waals surface area contributed by atoms with Crippen LogP contribution in [0.1, 0.15) is 16.8 Å². The number of rotatable bonds is 5. The third-order valence-electron chi connectivity index (χ3n) is 3.97. The molecule has 0 aliphatic rings. The number of carbonyl (C=O) groups is 1. The van der Waals surface area contributed by atoms with Crippen molar-refractivity contribution in [1.29, 1.82) is 0 Å². The fraction of sp³-hybridized carbons (Fsp3) is 0.238. The van der Waals surface area contributed by atoms with Gasteiger partial charge < -0.3 is 14.8 Å². The van der Waals surface area contributed by atoms with Crippen molar-refractivity contribution >= 4 is 22.5 Å². The van der Waals surface area contributed by atoms with E-state index in [1.165, 1.54) is 0 Å². The van der Waals surface area contributed by atoms with Gasteiger partial charge >= 0.3 is 0 Å². The third-order valence-corrected chi connectivity index (χ3v) is 3.97. The van der Waals surface area contributed by atoms with E-state index in [4.69, 9.17) is 9.47 Å². The fourth-order valence-electron chi connectivity index (χ4n) is 2.94. The molecule has 0 aliphatic carbocycles. The van der Waals surface area contributed by atoms with Crippen LogP contribution in [0.15, 0.2) is 42.5 Å². The zero-order chi connectivity index (χ0) is 18.7. The summed E-state index contributed by atoms with van der Waals surface area (Å²) in [5.41, 5.74) is 4.57. The van der Waals surface area contributed by atoms with Crippen LogP contribution in [-0.2, 0) is 4.79 Å². The highest BCUT2D eigenvalue weighted by Gasteiger charge is 2.10. The second-order valence-corrected chi connectivity index (χ2v) is 6.36. The molecule has 0 bridgehead atoms. The summed E-state index contributed by atoms with van der Waals surface area (Å²) in [5, 5.41) is 3.72. The predicted octanol–water partition coefficient (Wildman–Crippen LogP) is 4.19. The second-order valence-electron chi connectivity index (χ2n) is 6.36. The smallest absolute Gasteiger partial charge is 0.262 e. The van der Waals surface area contributed by atoms with Gasteiger partial charge in [0, 0.05) is 28.9 Å². The molecule has 3 rings (SSSR count). The number of nitrogens with zero attached hydrogens (tertiary/aromatic N) is 1. The van der Waals surface area contributed by atoms with Gasteiger partial charge in [0.05, 0.1) is 12.6 Å². The van der Waals surface area contributed by atoms with Gasteiger partial charge in [0.1, 0.15) is 11.5 Å². The number of benzene rings is 2. The quantitative estimate of drug-likeness (QED) is 0.750. The minimum atomic E-state index is -0.203. The molecule has 134 valence electrons. The van der Waals surface area contributed by atoms with E-state index in [2.05, 4.69) is 16.4 Å². The first-order valence-electron chi connectivity index (χ1n) is 8.41. The van der Waals surface area contributed by atoms with Gasteiger partial charge in [0.25, 0.3) is 5.91 Å². The van der Waals surface area contributed by atoms with Gasteiger partial charge in [0.15, 0.2) is 6.61 Å². The Labute approximate surface area is 153 Å². The van der Waals surface area contributed by atoms with E-state index in [1.54, 1.807) is 7.11 Å². The number of nitrogens with one attached hydrogen (secondary N) is 1. The van der Waals surface area contributed by atoms with Crippen LogP contribution in [0.5, 0.6) is 11.5 Å². The molecule has 1 heterocycles. The highest BCUT2D eigenvalue weighted by Crippen LogP contribution is 2.28. The third kappa shape index (κ3) is 4.11. The first kappa shape index (κ1) is 17.7. The Balaban J connectivity index is 1.75. The molecule has 0 atom stereocenters. The molecular formula is C21H22N2O3. The van der Waals surface area contributed by atoms with Gasteiger partial charge in [-0.15, -0.1) is 0 Å². The number of ether oxygens (including phenoxy) is 2. The van der Waals surface area contributed by atoms with E-state index < -0.39 is 0 Å². The molecule has 1 aromatic heterocycles. The Morgan fingerprint density at radius 2 is 1.77 bits per heavy atom. The molecular weight excluding hydrogens is 328 g/mol. The summed E-state index contributed by atoms with van der Waals surface area (Å²) in [6.07, 6.45) is 0. The van der Waals surface area contributed by atoms with E-state index in [1.807, 2.05) is 57.2 Å². The monoisotopic (exact) mass is 350 g/mol. The Hall–Kier alpha value is -3.08. The van der Waals surface area contributed by atoms with Gasteiger partial charge in [-0.25, -0.2) is 0 Å². The number of pyridine rings is 1. The van der Waals surface area contributed by atoms with Crippen molar-refractivity contribution in [1.82, 2.24) is 4.98 Å². The number of amides is 1. The minimum Gasteiger partial charge on any atom is -0.497 e.